The van der Waals surface area contributed by atoms with E-state index in [0.717, 1.165) is 6.54 Å². The largest absolute Gasteiger partial charge is 2.00 e. The number of nitrogens with zero attached hydrogens (tertiary/aromatic N) is 1. The van der Waals surface area contributed by atoms with Crippen molar-refractivity contribution >= 4 is 23.1 Å². The summed E-state index contributed by atoms with van der Waals surface area (Å²) >= 11 is 0. The summed E-state index contributed by atoms with van der Waals surface area (Å²) in [5.41, 5.74) is 1.42. The Morgan fingerprint density at radius 3 is 2.12 bits per heavy atom. The Kier molecular flexibility index (Phi) is 9.71. The molecular formula is C13H18BrMgN. The minimum Gasteiger partial charge on any atom is -1.00 e. The van der Waals surface area contributed by atoms with Crippen LogP contribution in [0.2, 0.25) is 0 Å². The van der Waals surface area contributed by atoms with E-state index < -0.39 is 0 Å². The smallest absolute Gasteiger partial charge is 1.00 e. The summed E-state index contributed by atoms with van der Waals surface area (Å²) in [5, 5.41) is 0. The number of likely N-dealkylation sites (tertiary alicyclic amines) is 1. The van der Waals surface area contributed by atoms with Crippen LogP contribution >= 0.6 is 0 Å². The summed E-state index contributed by atoms with van der Waals surface area (Å²) in [4.78, 5) is 2.57. The summed E-state index contributed by atoms with van der Waals surface area (Å²) in [6.45, 7) is 3.67. The molecule has 1 aliphatic heterocycles. The third kappa shape index (κ3) is 5.66. The van der Waals surface area contributed by atoms with Crippen LogP contribution in [-0.2, 0) is 6.54 Å². The number of hydrogen-bond donors (Lipinski definition) is 0. The van der Waals surface area contributed by atoms with Gasteiger partial charge in [-0.25, -0.2) is 0 Å². The fraction of sp³-hybridized carbons (Fsp3) is 0.538. The van der Waals surface area contributed by atoms with Gasteiger partial charge in [-0.3, -0.25) is 0 Å². The topological polar surface area (TPSA) is 3.24 Å². The van der Waals surface area contributed by atoms with Gasteiger partial charge >= 0.3 is 23.1 Å². The minimum absolute atomic E-state index is 0. The number of hydrogen-bond acceptors (Lipinski definition) is 1. The molecule has 0 unspecified atom stereocenters. The Labute approximate surface area is 126 Å². The third-order valence-electron chi connectivity index (χ3n) is 2.89. The zero-order valence-corrected chi connectivity index (χ0v) is 12.8. The molecule has 0 amide bonds. The first-order valence-corrected chi connectivity index (χ1v) is 5.62. The normalized spacial score (nSPS) is 16.8. The predicted octanol–water partition coefficient (Wildman–Crippen LogP) is -0.514. The van der Waals surface area contributed by atoms with Crippen LogP contribution in [0.4, 0.5) is 0 Å². The molecule has 1 aromatic carbocycles. The fourth-order valence-electron chi connectivity index (χ4n) is 2.08. The molecule has 1 saturated heterocycles. The van der Waals surface area contributed by atoms with E-state index in [2.05, 4.69) is 23.1 Å². The molecule has 0 N–H and O–H groups in total. The molecule has 0 spiro atoms. The van der Waals surface area contributed by atoms with Gasteiger partial charge in [-0.1, -0.05) is 12.8 Å². The second-order valence-corrected chi connectivity index (χ2v) is 4.10. The first-order chi connectivity index (χ1) is 6.95. The summed E-state index contributed by atoms with van der Waals surface area (Å²) in [6.07, 6.45) is 5.58. The quantitative estimate of drug-likeness (QED) is 0.524. The van der Waals surface area contributed by atoms with Crippen LogP contribution in [0.15, 0.2) is 24.3 Å². The fourth-order valence-corrected chi connectivity index (χ4v) is 2.08. The van der Waals surface area contributed by atoms with Gasteiger partial charge in [0.25, 0.3) is 0 Å². The Hall–Kier alpha value is 0.426. The van der Waals surface area contributed by atoms with Crippen LogP contribution < -0.4 is 17.0 Å². The molecule has 0 bridgehead atoms. The van der Waals surface area contributed by atoms with Crippen molar-refractivity contribution in [2.45, 2.75) is 32.2 Å². The molecule has 2 rings (SSSR count). The van der Waals surface area contributed by atoms with Crippen molar-refractivity contribution in [3.8, 4) is 0 Å². The molecule has 1 nitrogen and oxygen atoms in total. The van der Waals surface area contributed by atoms with E-state index in [1.165, 1.54) is 44.3 Å². The van der Waals surface area contributed by atoms with Crippen molar-refractivity contribution in [1.29, 1.82) is 0 Å². The molecule has 1 aromatic rings. The van der Waals surface area contributed by atoms with E-state index in [0.29, 0.717) is 0 Å². The van der Waals surface area contributed by atoms with Gasteiger partial charge in [0.05, 0.1) is 0 Å². The van der Waals surface area contributed by atoms with Gasteiger partial charge in [0.1, 0.15) is 0 Å². The van der Waals surface area contributed by atoms with Gasteiger partial charge in [-0.2, -0.15) is 30.3 Å². The molecule has 3 heteroatoms. The zero-order valence-electron chi connectivity index (χ0n) is 9.79. The molecule has 1 aliphatic rings. The van der Waals surface area contributed by atoms with E-state index in [-0.39, 0.29) is 40.0 Å². The first-order valence-electron chi connectivity index (χ1n) is 5.62. The zero-order chi connectivity index (χ0) is 9.64. The molecule has 1 heterocycles. The monoisotopic (exact) mass is 291 g/mol. The Morgan fingerprint density at radius 1 is 1.00 bits per heavy atom. The van der Waals surface area contributed by atoms with E-state index >= 15 is 0 Å². The van der Waals surface area contributed by atoms with Crippen molar-refractivity contribution < 1.29 is 17.0 Å². The molecule has 0 saturated carbocycles. The number of benzene rings is 1. The van der Waals surface area contributed by atoms with Crippen molar-refractivity contribution in [3.05, 3.63) is 35.9 Å². The van der Waals surface area contributed by atoms with Crippen molar-refractivity contribution in [2.24, 2.45) is 0 Å². The predicted molar refractivity (Wildman–Crippen MR) is 64.8 cm³/mol. The summed E-state index contributed by atoms with van der Waals surface area (Å²) in [7, 11) is 0. The molecule has 16 heavy (non-hydrogen) atoms. The van der Waals surface area contributed by atoms with Crippen LogP contribution in [0, 0.1) is 6.07 Å². The molecule has 1 fully saturated rings. The maximum atomic E-state index is 3.06. The Morgan fingerprint density at radius 2 is 1.56 bits per heavy atom. The molecule has 0 atom stereocenters. The van der Waals surface area contributed by atoms with Gasteiger partial charge in [-0.15, -0.1) is 5.56 Å². The standard InChI is InChI=1S/C13H18N.BrH.Mg/c1-2-7-11-14(10-6-1)12-13-8-4-3-5-9-13;;/h4-5,8-9H,1-2,6-7,10-12H2;1H;/q-1;;+2/p-1. The Balaban J connectivity index is 0.00000112. The maximum Gasteiger partial charge on any atom is 2.00 e. The maximum absolute atomic E-state index is 3.06. The average Bonchev–Trinajstić information content (AvgIpc) is 2.48. The van der Waals surface area contributed by atoms with Gasteiger partial charge < -0.3 is 21.9 Å². The second kappa shape index (κ2) is 9.46. The van der Waals surface area contributed by atoms with Crippen LogP contribution in [0.25, 0.3) is 0 Å². The van der Waals surface area contributed by atoms with Gasteiger partial charge in [0.15, 0.2) is 0 Å². The molecular weight excluding hydrogens is 274 g/mol. The molecule has 0 aromatic heterocycles. The average molecular weight is 293 g/mol. The minimum atomic E-state index is 0. The van der Waals surface area contributed by atoms with E-state index in [4.69, 9.17) is 0 Å². The molecule has 0 aliphatic carbocycles. The summed E-state index contributed by atoms with van der Waals surface area (Å²) in [5.74, 6) is 0. The summed E-state index contributed by atoms with van der Waals surface area (Å²) < 4.78 is 0. The van der Waals surface area contributed by atoms with Gasteiger partial charge in [0, 0.05) is 6.54 Å². The van der Waals surface area contributed by atoms with Crippen LogP contribution in [0.1, 0.15) is 31.2 Å². The second-order valence-electron chi connectivity index (χ2n) is 4.10. The van der Waals surface area contributed by atoms with Crippen LogP contribution in [0.3, 0.4) is 0 Å². The van der Waals surface area contributed by atoms with Gasteiger partial charge in [-0.05, 0) is 25.9 Å². The third-order valence-corrected chi connectivity index (χ3v) is 2.89. The van der Waals surface area contributed by atoms with Crippen LogP contribution in [0.5, 0.6) is 0 Å². The van der Waals surface area contributed by atoms with E-state index in [1.54, 1.807) is 0 Å². The number of halogens is 1. The molecule has 84 valence electrons. The van der Waals surface area contributed by atoms with Crippen molar-refractivity contribution in [3.63, 3.8) is 0 Å². The number of rotatable bonds is 2. The van der Waals surface area contributed by atoms with Crippen LogP contribution in [-0.4, -0.2) is 41.0 Å². The van der Waals surface area contributed by atoms with Crippen molar-refractivity contribution in [1.82, 2.24) is 4.90 Å². The van der Waals surface area contributed by atoms with Crippen molar-refractivity contribution in [2.75, 3.05) is 13.1 Å². The van der Waals surface area contributed by atoms with E-state index in [9.17, 15) is 0 Å². The first kappa shape index (κ1) is 16.4. The summed E-state index contributed by atoms with van der Waals surface area (Å²) in [6, 6.07) is 11.4. The Bertz CT molecular complexity index is 258. The SMILES string of the molecule is [Br-].[Mg+2].[c-]1ccc(CN2CCCCCC2)cc1. The van der Waals surface area contributed by atoms with Gasteiger partial charge in [0.2, 0.25) is 0 Å². The van der Waals surface area contributed by atoms with E-state index in [1.807, 2.05) is 12.1 Å². The molecule has 0 radical (unpaired) electrons.